The molecular formula is C29H26N6O19S5. The molecule has 0 fully saturated rings. The molecule has 0 aromatic heterocycles. The molecule has 0 aliphatic heterocycles. The van der Waals surface area contributed by atoms with Crippen molar-refractivity contribution in [1.82, 2.24) is 0 Å². The van der Waals surface area contributed by atoms with Crippen LogP contribution in [0.2, 0.25) is 0 Å². The number of nitrogens with zero attached hydrogens (tertiary/aromatic N) is 6. The zero-order valence-electron chi connectivity index (χ0n) is 29.0. The molecule has 4 aromatic rings. The predicted molar refractivity (Wildman–Crippen MR) is 198 cm³/mol. The van der Waals surface area contributed by atoms with E-state index in [1.807, 2.05) is 0 Å². The number of benzene rings is 4. The molecule has 0 saturated carbocycles. The fourth-order valence-corrected chi connectivity index (χ4v) is 8.06. The van der Waals surface area contributed by atoms with E-state index in [1.165, 1.54) is 24.3 Å². The fraction of sp³-hybridized carbons (Fsp3) is 0.138. The Hall–Kier alpha value is -5.70. The third kappa shape index (κ3) is 13.2. The molecule has 0 aliphatic carbocycles. The number of aromatic hydroxyl groups is 2. The maximum atomic E-state index is 12.5. The molecule has 0 atom stereocenters. The average Bonchev–Trinajstić information content (AvgIpc) is 3.12. The minimum atomic E-state index is -5.10. The van der Waals surface area contributed by atoms with E-state index in [-0.39, 0.29) is 22.0 Å². The van der Waals surface area contributed by atoms with Gasteiger partial charge in [0.1, 0.15) is 22.0 Å². The van der Waals surface area contributed by atoms with Crippen LogP contribution in [0.15, 0.2) is 118 Å². The zero-order valence-corrected chi connectivity index (χ0v) is 33.1. The smallest absolute Gasteiger partial charge is 0.397 e. The molecule has 25 nitrogen and oxygen atoms in total. The molecule has 0 saturated heterocycles. The van der Waals surface area contributed by atoms with E-state index in [4.69, 9.17) is 9.11 Å². The van der Waals surface area contributed by atoms with Crippen LogP contribution in [0.25, 0.3) is 0 Å². The lowest BCUT2D eigenvalue weighted by Crippen LogP contribution is -2.16. The molecule has 59 heavy (non-hydrogen) atoms. The number of rotatable bonds is 18. The summed E-state index contributed by atoms with van der Waals surface area (Å²) in [5.41, 5.74) is -2.56. The van der Waals surface area contributed by atoms with Crippen molar-refractivity contribution in [3.05, 3.63) is 78.4 Å². The highest BCUT2D eigenvalue weighted by Crippen LogP contribution is 2.47. The number of aromatic carboxylic acids is 1. The number of phenols is 2. The number of carbonyl (C=O) groups is 1. The maximum Gasteiger partial charge on any atom is 0.397 e. The molecule has 0 aliphatic rings. The average molecular weight is 923 g/mol. The molecule has 4 aromatic carbocycles. The third-order valence-corrected chi connectivity index (χ3v) is 12.2. The van der Waals surface area contributed by atoms with Gasteiger partial charge in [-0.1, -0.05) is 0 Å². The summed E-state index contributed by atoms with van der Waals surface area (Å²) in [7, 11) is -23.4. The number of sulfone groups is 2. The Morgan fingerprint density at radius 1 is 0.542 bits per heavy atom. The molecule has 0 heterocycles. The minimum Gasteiger partial charge on any atom is -0.505 e. The molecule has 0 bridgehead atoms. The van der Waals surface area contributed by atoms with Gasteiger partial charge in [-0.05, 0) is 72.8 Å². The summed E-state index contributed by atoms with van der Waals surface area (Å²) in [4.78, 5) is 9.92. The summed E-state index contributed by atoms with van der Waals surface area (Å²) < 4.78 is 151. The highest BCUT2D eigenvalue weighted by Gasteiger charge is 2.24. The Labute approximate surface area is 333 Å². The number of carboxylic acid groups (broad SMARTS) is 1. The Morgan fingerprint density at radius 2 is 0.966 bits per heavy atom. The summed E-state index contributed by atoms with van der Waals surface area (Å²) in [6, 6.07) is 12.5. The largest absolute Gasteiger partial charge is 0.505 e. The lowest BCUT2D eigenvalue weighted by Gasteiger charge is -2.08. The monoisotopic (exact) mass is 922 g/mol. The molecular weight excluding hydrogens is 897 g/mol. The topological polar surface area (TPSA) is 402 Å². The first-order valence-corrected chi connectivity index (χ1v) is 22.8. The van der Waals surface area contributed by atoms with E-state index in [0.29, 0.717) is 12.1 Å². The van der Waals surface area contributed by atoms with Crippen LogP contribution in [0.4, 0.5) is 34.1 Å². The molecule has 30 heteroatoms. The van der Waals surface area contributed by atoms with Gasteiger partial charge in [-0.3, -0.25) is 13.7 Å². The number of hydrogen-bond acceptors (Lipinski definition) is 21. The molecule has 4 rings (SSSR count). The molecule has 0 radical (unpaired) electrons. The number of hydrogen-bond donors (Lipinski definition) is 6. The highest BCUT2D eigenvalue weighted by atomic mass is 32.3. The summed E-state index contributed by atoms with van der Waals surface area (Å²) in [5.74, 6) is -5.30. The van der Waals surface area contributed by atoms with Crippen LogP contribution in [0, 0.1) is 0 Å². The van der Waals surface area contributed by atoms with Gasteiger partial charge < -0.3 is 15.3 Å². The Balaban J connectivity index is 1.54. The van der Waals surface area contributed by atoms with Crippen molar-refractivity contribution in [3.8, 4) is 11.5 Å². The first-order valence-electron chi connectivity index (χ1n) is 15.3. The third-order valence-electron chi connectivity index (χ3n) is 7.04. The molecule has 0 amide bonds. The van der Waals surface area contributed by atoms with Crippen LogP contribution in [-0.2, 0) is 59.0 Å². The predicted octanol–water partition coefficient (Wildman–Crippen LogP) is 4.48. The SMILES string of the molecule is O=C(O)c1cc(O)c(N=Nc2ccc(N=Nc3ccc(S(=O)(=O)CCOS(=O)(=O)O)cc3S(=O)(=O)O)cc2)c(O)c1N=Nc1ccc(S(=O)(=O)CCOS(=O)(=O)O)cc1. The zero-order chi connectivity index (χ0) is 44.0. The Bertz CT molecular complexity index is 2920. The molecule has 316 valence electrons. The van der Waals surface area contributed by atoms with Crippen molar-refractivity contribution in [1.29, 1.82) is 0 Å². The van der Waals surface area contributed by atoms with Gasteiger partial charge in [-0.25, -0.2) is 30.0 Å². The maximum absolute atomic E-state index is 12.5. The molecule has 0 spiro atoms. The number of azo groups is 3. The van der Waals surface area contributed by atoms with Crippen LogP contribution in [0.1, 0.15) is 10.4 Å². The van der Waals surface area contributed by atoms with Crippen LogP contribution < -0.4 is 0 Å². The highest BCUT2D eigenvalue weighted by molar-refractivity contribution is 7.92. The summed E-state index contributed by atoms with van der Waals surface area (Å²) >= 11 is 0. The van der Waals surface area contributed by atoms with E-state index >= 15 is 0 Å². The standard InChI is InChI=1S/C29H26N6O19S5/c36-24-16-22(29(38)39)26(34-31-19-5-7-20(8-6-19)55(40,41)13-11-53-58(47,48)49)28(37)27(24)35-32-18-3-1-17(2-4-18)30-33-23-10-9-21(15-25(23)57(44,45)46)56(42,43)14-12-54-59(50,51)52/h1-10,15-16,36-37H,11-14H2,(H,38,39)(H,44,45,46)(H,47,48,49)(H,50,51,52). The fourth-order valence-electron chi connectivity index (χ4n) is 4.34. The van der Waals surface area contributed by atoms with Crippen molar-refractivity contribution in [2.24, 2.45) is 30.7 Å². The van der Waals surface area contributed by atoms with E-state index in [2.05, 4.69) is 39.1 Å². The van der Waals surface area contributed by atoms with E-state index in [1.54, 1.807) is 0 Å². The summed E-state index contributed by atoms with van der Waals surface area (Å²) in [6.45, 7) is -1.88. The second kappa shape index (κ2) is 18.1. The first kappa shape index (κ1) is 46.0. The number of phenolic OH excluding ortho intramolecular Hbond substituents is 2. The van der Waals surface area contributed by atoms with Gasteiger partial charge in [0.25, 0.3) is 10.1 Å². The Morgan fingerprint density at radius 3 is 1.42 bits per heavy atom. The van der Waals surface area contributed by atoms with Gasteiger partial charge in [-0.2, -0.15) is 40.6 Å². The number of carboxylic acids is 1. The van der Waals surface area contributed by atoms with Crippen LogP contribution >= 0.6 is 0 Å². The second-order valence-corrected chi connectivity index (χ2v) is 18.9. The van der Waals surface area contributed by atoms with Crippen molar-refractivity contribution < 1.29 is 84.2 Å². The van der Waals surface area contributed by atoms with Crippen molar-refractivity contribution >= 4 is 90.7 Å². The van der Waals surface area contributed by atoms with Gasteiger partial charge in [0, 0.05) is 0 Å². The van der Waals surface area contributed by atoms with E-state index < -0.39 is 125 Å². The quantitative estimate of drug-likeness (QED) is 0.0592. The molecule has 0 unspecified atom stereocenters. The van der Waals surface area contributed by atoms with E-state index in [0.717, 1.165) is 36.4 Å². The van der Waals surface area contributed by atoms with Gasteiger partial charge in [-0.15, -0.1) is 15.3 Å². The van der Waals surface area contributed by atoms with Crippen LogP contribution in [0.3, 0.4) is 0 Å². The van der Waals surface area contributed by atoms with Crippen LogP contribution in [-0.4, -0.2) is 102 Å². The lowest BCUT2D eigenvalue weighted by molar-refractivity contribution is 0.0696. The van der Waals surface area contributed by atoms with Gasteiger partial charge in [0.2, 0.25) is 0 Å². The lowest BCUT2D eigenvalue weighted by atomic mass is 10.1. The first-order chi connectivity index (χ1) is 27.3. The minimum absolute atomic E-state index is 0.0407. The van der Waals surface area contributed by atoms with Gasteiger partial charge in [0.15, 0.2) is 31.1 Å². The van der Waals surface area contributed by atoms with Crippen LogP contribution in [0.5, 0.6) is 11.5 Å². The van der Waals surface area contributed by atoms with Gasteiger partial charge in [0.05, 0.1) is 57.1 Å². The van der Waals surface area contributed by atoms with Crippen molar-refractivity contribution in [2.75, 3.05) is 24.7 Å². The summed E-state index contributed by atoms with van der Waals surface area (Å²) in [5, 5.41) is 53.5. The summed E-state index contributed by atoms with van der Waals surface area (Å²) in [6.07, 6.45) is 0. The molecule has 6 N–H and O–H groups in total. The van der Waals surface area contributed by atoms with Gasteiger partial charge >= 0.3 is 26.8 Å². The van der Waals surface area contributed by atoms with E-state index in [9.17, 15) is 66.8 Å². The second-order valence-electron chi connectivity index (χ2n) is 11.1. The van der Waals surface area contributed by atoms with Crippen molar-refractivity contribution in [2.45, 2.75) is 14.7 Å². The normalized spacial score (nSPS) is 13.1. The van der Waals surface area contributed by atoms with Crippen molar-refractivity contribution in [3.63, 3.8) is 0 Å². The Kier molecular flexibility index (Phi) is 14.1.